The maximum absolute atomic E-state index is 13.7. The Labute approximate surface area is 91.7 Å². The quantitative estimate of drug-likeness (QED) is 0.781. The highest BCUT2D eigenvalue weighted by Gasteiger charge is 2.13. The molecule has 1 N–H and O–H groups in total. The molecule has 0 amide bonds. The Bertz CT molecular complexity index is 303. The molecule has 1 unspecified atom stereocenters. The zero-order valence-electron chi connectivity index (χ0n) is 9.81. The van der Waals surface area contributed by atoms with Crippen molar-refractivity contribution < 1.29 is 4.39 Å². The Kier molecular flexibility index (Phi) is 4.76. The molecule has 0 spiro atoms. The van der Waals surface area contributed by atoms with E-state index in [-0.39, 0.29) is 11.9 Å². The van der Waals surface area contributed by atoms with Crippen LogP contribution in [0.15, 0.2) is 18.2 Å². The van der Waals surface area contributed by atoms with E-state index in [1.54, 1.807) is 6.07 Å². The summed E-state index contributed by atoms with van der Waals surface area (Å²) in [7, 11) is 0. The molecule has 84 valence electrons. The van der Waals surface area contributed by atoms with Crippen molar-refractivity contribution in [3.63, 3.8) is 0 Å². The lowest BCUT2D eigenvalue weighted by Crippen LogP contribution is -2.21. The van der Waals surface area contributed by atoms with Crippen molar-refractivity contribution in [3.05, 3.63) is 35.1 Å². The van der Waals surface area contributed by atoms with Crippen LogP contribution in [0.2, 0.25) is 0 Å². The summed E-state index contributed by atoms with van der Waals surface area (Å²) < 4.78 is 13.7. The van der Waals surface area contributed by atoms with Gasteiger partial charge in [0.25, 0.3) is 0 Å². The van der Waals surface area contributed by atoms with Gasteiger partial charge in [-0.2, -0.15) is 0 Å². The van der Waals surface area contributed by atoms with Gasteiger partial charge in [0, 0.05) is 11.6 Å². The molecule has 1 aromatic rings. The lowest BCUT2D eigenvalue weighted by Gasteiger charge is -2.18. The van der Waals surface area contributed by atoms with Crippen molar-refractivity contribution in [2.75, 3.05) is 6.54 Å². The van der Waals surface area contributed by atoms with E-state index in [1.807, 2.05) is 19.1 Å². The van der Waals surface area contributed by atoms with E-state index < -0.39 is 0 Å². The molecule has 0 aromatic heterocycles. The minimum absolute atomic E-state index is 0.0885. The summed E-state index contributed by atoms with van der Waals surface area (Å²) in [5.74, 6) is -0.0885. The zero-order valence-corrected chi connectivity index (χ0v) is 9.81. The number of aryl methyl sites for hydroxylation is 1. The molecule has 1 atom stereocenters. The molecule has 0 aliphatic carbocycles. The predicted octanol–water partition coefficient (Wildman–Crippen LogP) is 3.58. The Morgan fingerprint density at radius 1 is 1.33 bits per heavy atom. The monoisotopic (exact) mass is 209 g/mol. The standard InChI is InChI=1S/C13H20FN/c1-4-6-13(15-5-2)11-8-7-10(3)9-12(11)14/h7-9,13,15H,4-6H2,1-3H3. The van der Waals surface area contributed by atoms with Gasteiger partial charge in [0.15, 0.2) is 0 Å². The summed E-state index contributed by atoms with van der Waals surface area (Å²) in [5.41, 5.74) is 1.77. The lowest BCUT2D eigenvalue weighted by molar-refractivity contribution is 0.480. The molecular formula is C13H20FN. The molecular weight excluding hydrogens is 189 g/mol. The van der Waals surface area contributed by atoms with Crippen molar-refractivity contribution in [1.29, 1.82) is 0 Å². The second-order valence-electron chi connectivity index (χ2n) is 3.92. The smallest absolute Gasteiger partial charge is 0.128 e. The first-order valence-corrected chi connectivity index (χ1v) is 5.68. The molecule has 0 fully saturated rings. The van der Waals surface area contributed by atoms with Gasteiger partial charge in [-0.3, -0.25) is 0 Å². The molecule has 0 saturated heterocycles. The zero-order chi connectivity index (χ0) is 11.3. The number of hydrogen-bond acceptors (Lipinski definition) is 1. The van der Waals surface area contributed by atoms with Gasteiger partial charge in [-0.15, -0.1) is 0 Å². The van der Waals surface area contributed by atoms with Crippen LogP contribution in [0.5, 0.6) is 0 Å². The van der Waals surface area contributed by atoms with Crippen molar-refractivity contribution >= 4 is 0 Å². The van der Waals surface area contributed by atoms with Crippen LogP contribution < -0.4 is 5.32 Å². The topological polar surface area (TPSA) is 12.0 Å². The van der Waals surface area contributed by atoms with E-state index in [0.717, 1.165) is 30.5 Å². The Morgan fingerprint density at radius 3 is 2.60 bits per heavy atom. The van der Waals surface area contributed by atoms with E-state index in [4.69, 9.17) is 0 Å². The van der Waals surface area contributed by atoms with Crippen molar-refractivity contribution in [3.8, 4) is 0 Å². The highest BCUT2D eigenvalue weighted by molar-refractivity contribution is 5.26. The van der Waals surface area contributed by atoms with Gasteiger partial charge in [-0.1, -0.05) is 32.4 Å². The van der Waals surface area contributed by atoms with Gasteiger partial charge < -0.3 is 5.32 Å². The highest BCUT2D eigenvalue weighted by Crippen LogP contribution is 2.22. The SMILES string of the molecule is CCCC(NCC)c1ccc(C)cc1F. The van der Waals surface area contributed by atoms with E-state index in [1.165, 1.54) is 0 Å². The van der Waals surface area contributed by atoms with E-state index in [2.05, 4.69) is 19.2 Å². The van der Waals surface area contributed by atoms with Crippen molar-refractivity contribution in [2.24, 2.45) is 0 Å². The normalized spacial score (nSPS) is 12.8. The first kappa shape index (κ1) is 12.2. The Balaban J connectivity index is 2.89. The van der Waals surface area contributed by atoms with Crippen LogP contribution in [-0.4, -0.2) is 6.54 Å². The predicted molar refractivity (Wildman–Crippen MR) is 62.5 cm³/mol. The summed E-state index contributed by atoms with van der Waals surface area (Å²) in [4.78, 5) is 0. The average molecular weight is 209 g/mol. The van der Waals surface area contributed by atoms with Crippen molar-refractivity contribution in [1.82, 2.24) is 5.32 Å². The van der Waals surface area contributed by atoms with Crippen LogP contribution in [0.25, 0.3) is 0 Å². The molecule has 0 heterocycles. The number of halogens is 1. The van der Waals surface area contributed by atoms with Crippen LogP contribution >= 0.6 is 0 Å². The van der Waals surface area contributed by atoms with Gasteiger partial charge >= 0.3 is 0 Å². The summed E-state index contributed by atoms with van der Waals surface area (Å²) in [5, 5.41) is 3.32. The first-order chi connectivity index (χ1) is 7.19. The lowest BCUT2D eigenvalue weighted by atomic mass is 10.0. The van der Waals surface area contributed by atoms with Gasteiger partial charge in [-0.25, -0.2) is 4.39 Å². The van der Waals surface area contributed by atoms with E-state index in [0.29, 0.717) is 0 Å². The molecule has 15 heavy (non-hydrogen) atoms. The second kappa shape index (κ2) is 5.86. The van der Waals surface area contributed by atoms with Gasteiger partial charge in [0.1, 0.15) is 5.82 Å². The molecule has 1 nitrogen and oxygen atoms in total. The fourth-order valence-corrected chi connectivity index (χ4v) is 1.82. The molecule has 1 aromatic carbocycles. The Morgan fingerprint density at radius 2 is 2.07 bits per heavy atom. The number of nitrogens with one attached hydrogen (secondary N) is 1. The maximum atomic E-state index is 13.7. The van der Waals surface area contributed by atoms with Gasteiger partial charge in [-0.05, 0) is 31.5 Å². The summed E-state index contributed by atoms with van der Waals surface area (Å²) in [6.07, 6.45) is 2.04. The maximum Gasteiger partial charge on any atom is 0.128 e. The first-order valence-electron chi connectivity index (χ1n) is 5.68. The highest BCUT2D eigenvalue weighted by atomic mass is 19.1. The molecule has 0 saturated carbocycles. The second-order valence-corrected chi connectivity index (χ2v) is 3.92. The fourth-order valence-electron chi connectivity index (χ4n) is 1.82. The third-order valence-corrected chi connectivity index (χ3v) is 2.56. The minimum atomic E-state index is -0.0885. The average Bonchev–Trinajstić information content (AvgIpc) is 2.17. The van der Waals surface area contributed by atoms with Crippen LogP contribution in [0, 0.1) is 12.7 Å². The van der Waals surface area contributed by atoms with Crippen LogP contribution in [0.3, 0.4) is 0 Å². The number of benzene rings is 1. The van der Waals surface area contributed by atoms with E-state index in [9.17, 15) is 4.39 Å². The van der Waals surface area contributed by atoms with Crippen LogP contribution in [0.4, 0.5) is 4.39 Å². The number of hydrogen-bond donors (Lipinski definition) is 1. The molecule has 2 heteroatoms. The Hall–Kier alpha value is -0.890. The summed E-state index contributed by atoms with van der Waals surface area (Å²) >= 11 is 0. The summed E-state index contributed by atoms with van der Waals surface area (Å²) in [6, 6.07) is 5.63. The molecule has 0 aliphatic rings. The van der Waals surface area contributed by atoms with Crippen molar-refractivity contribution in [2.45, 2.75) is 39.7 Å². The molecule has 0 aliphatic heterocycles. The third-order valence-electron chi connectivity index (χ3n) is 2.56. The van der Waals surface area contributed by atoms with Gasteiger partial charge in [0.2, 0.25) is 0 Å². The molecule has 0 radical (unpaired) electrons. The molecule has 1 rings (SSSR count). The summed E-state index contributed by atoms with van der Waals surface area (Å²) in [6.45, 7) is 6.96. The van der Waals surface area contributed by atoms with E-state index >= 15 is 0 Å². The van der Waals surface area contributed by atoms with Gasteiger partial charge in [0.05, 0.1) is 0 Å². The van der Waals surface area contributed by atoms with Crippen LogP contribution in [0.1, 0.15) is 43.9 Å². The number of rotatable bonds is 5. The minimum Gasteiger partial charge on any atom is -0.310 e. The third kappa shape index (κ3) is 3.31. The fraction of sp³-hybridized carbons (Fsp3) is 0.538. The molecule has 0 bridgehead atoms. The largest absolute Gasteiger partial charge is 0.310 e. The van der Waals surface area contributed by atoms with Crippen LogP contribution in [-0.2, 0) is 0 Å².